The van der Waals surface area contributed by atoms with Crippen molar-refractivity contribution in [1.29, 1.82) is 0 Å². The SMILES string of the molecule is CC1CC[C@@H](C(=O)C2CCCN2C(=O)CCCc2ccccc2)N1. The van der Waals surface area contributed by atoms with Crippen molar-refractivity contribution in [1.82, 2.24) is 10.2 Å². The van der Waals surface area contributed by atoms with Crippen LogP contribution in [0.5, 0.6) is 0 Å². The van der Waals surface area contributed by atoms with E-state index in [1.807, 2.05) is 23.1 Å². The van der Waals surface area contributed by atoms with E-state index in [1.54, 1.807) is 0 Å². The van der Waals surface area contributed by atoms with E-state index in [-0.39, 0.29) is 23.8 Å². The topological polar surface area (TPSA) is 49.4 Å². The number of nitrogens with one attached hydrogen (secondary N) is 1. The van der Waals surface area contributed by atoms with Gasteiger partial charge in [0.05, 0.1) is 12.1 Å². The predicted molar refractivity (Wildman–Crippen MR) is 94.7 cm³/mol. The molecule has 1 N–H and O–H groups in total. The summed E-state index contributed by atoms with van der Waals surface area (Å²) in [6.45, 7) is 2.86. The Morgan fingerprint density at radius 2 is 1.96 bits per heavy atom. The summed E-state index contributed by atoms with van der Waals surface area (Å²) in [4.78, 5) is 27.2. The number of ketones is 1. The molecule has 1 aromatic rings. The molecule has 2 aliphatic rings. The van der Waals surface area contributed by atoms with E-state index in [2.05, 4.69) is 24.4 Å². The number of hydrogen-bond acceptors (Lipinski definition) is 3. The van der Waals surface area contributed by atoms with E-state index in [1.165, 1.54) is 5.56 Å². The standard InChI is InChI=1S/C20H28N2O2/c1-15-12-13-17(21-15)20(24)18-10-6-14-22(18)19(23)11-5-9-16-7-3-2-4-8-16/h2-4,7-8,15,17-18,21H,5-6,9-14H2,1H3/t15?,17-,18?/m0/s1. The number of nitrogens with zero attached hydrogens (tertiary/aromatic N) is 1. The number of likely N-dealkylation sites (tertiary alicyclic amines) is 1. The van der Waals surface area contributed by atoms with E-state index >= 15 is 0 Å². The number of carbonyl (C=O) groups is 2. The van der Waals surface area contributed by atoms with Crippen LogP contribution in [0.15, 0.2) is 30.3 Å². The number of hydrogen-bond donors (Lipinski definition) is 1. The molecule has 3 rings (SSSR count). The third kappa shape index (κ3) is 4.04. The number of amides is 1. The summed E-state index contributed by atoms with van der Waals surface area (Å²) in [5.41, 5.74) is 1.27. The molecule has 2 unspecified atom stereocenters. The smallest absolute Gasteiger partial charge is 0.223 e. The third-order valence-electron chi connectivity index (χ3n) is 5.32. The third-order valence-corrected chi connectivity index (χ3v) is 5.32. The highest BCUT2D eigenvalue weighted by molar-refractivity contribution is 5.93. The largest absolute Gasteiger partial charge is 0.333 e. The second-order valence-electron chi connectivity index (χ2n) is 7.18. The van der Waals surface area contributed by atoms with Gasteiger partial charge in [-0.15, -0.1) is 0 Å². The Kier molecular flexibility index (Phi) is 5.67. The number of rotatable bonds is 6. The molecule has 0 aromatic heterocycles. The van der Waals surface area contributed by atoms with E-state index < -0.39 is 0 Å². The van der Waals surface area contributed by atoms with Crippen LogP contribution in [0.1, 0.15) is 51.0 Å². The van der Waals surface area contributed by atoms with Crippen LogP contribution in [0.3, 0.4) is 0 Å². The van der Waals surface area contributed by atoms with Crippen molar-refractivity contribution in [2.75, 3.05) is 6.54 Å². The van der Waals surface area contributed by atoms with E-state index in [4.69, 9.17) is 0 Å². The van der Waals surface area contributed by atoms with Gasteiger partial charge in [0.2, 0.25) is 5.91 Å². The van der Waals surface area contributed by atoms with Crippen molar-refractivity contribution < 1.29 is 9.59 Å². The maximum atomic E-state index is 12.7. The summed E-state index contributed by atoms with van der Waals surface area (Å²) in [6, 6.07) is 10.4. The quantitative estimate of drug-likeness (QED) is 0.873. The van der Waals surface area contributed by atoms with Crippen LogP contribution in [-0.4, -0.2) is 41.3 Å². The molecule has 4 nitrogen and oxygen atoms in total. The van der Waals surface area contributed by atoms with Gasteiger partial charge in [-0.3, -0.25) is 9.59 Å². The fraction of sp³-hybridized carbons (Fsp3) is 0.600. The first-order valence-corrected chi connectivity index (χ1v) is 9.28. The second kappa shape index (κ2) is 7.93. The Hall–Kier alpha value is -1.68. The van der Waals surface area contributed by atoms with Gasteiger partial charge in [-0.05, 0) is 51.0 Å². The normalized spacial score (nSPS) is 26.7. The minimum absolute atomic E-state index is 0.0530. The highest BCUT2D eigenvalue weighted by atomic mass is 16.2. The lowest BCUT2D eigenvalue weighted by molar-refractivity contribution is -0.138. The monoisotopic (exact) mass is 328 g/mol. The lowest BCUT2D eigenvalue weighted by atomic mass is 10.0. The van der Waals surface area contributed by atoms with Gasteiger partial charge in [-0.2, -0.15) is 0 Å². The fourth-order valence-corrected chi connectivity index (χ4v) is 3.98. The molecule has 1 aromatic carbocycles. The molecule has 24 heavy (non-hydrogen) atoms. The molecule has 0 spiro atoms. The van der Waals surface area contributed by atoms with Crippen LogP contribution in [0, 0.1) is 0 Å². The van der Waals surface area contributed by atoms with Crippen LogP contribution < -0.4 is 5.32 Å². The maximum Gasteiger partial charge on any atom is 0.223 e. The number of benzene rings is 1. The van der Waals surface area contributed by atoms with E-state index in [0.717, 1.165) is 45.1 Å². The molecular formula is C20H28N2O2. The summed E-state index contributed by atoms with van der Waals surface area (Å²) >= 11 is 0. The molecule has 0 radical (unpaired) electrons. The minimum Gasteiger partial charge on any atom is -0.333 e. The van der Waals surface area contributed by atoms with Crippen molar-refractivity contribution in [3.05, 3.63) is 35.9 Å². The molecule has 2 fully saturated rings. The van der Waals surface area contributed by atoms with Gasteiger partial charge < -0.3 is 10.2 Å². The highest BCUT2D eigenvalue weighted by Crippen LogP contribution is 2.24. The molecule has 2 aliphatic heterocycles. The first-order chi connectivity index (χ1) is 11.6. The molecule has 3 atom stereocenters. The zero-order chi connectivity index (χ0) is 16.9. The second-order valence-corrected chi connectivity index (χ2v) is 7.18. The number of carbonyl (C=O) groups excluding carboxylic acids is 2. The average Bonchev–Trinajstić information content (AvgIpc) is 3.24. The summed E-state index contributed by atoms with van der Waals surface area (Å²) in [6.07, 6.45) is 6.03. The Bertz CT molecular complexity index is 572. The Morgan fingerprint density at radius 1 is 1.17 bits per heavy atom. The molecule has 130 valence electrons. The van der Waals surface area contributed by atoms with Crippen LogP contribution in [0.2, 0.25) is 0 Å². The number of aryl methyl sites for hydroxylation is 1. The van der Waals surface area contributed by atoms with Crippen molar-refractivity contribution in [2.24, 2.45) is 0 Å². The van der Waals surface area contributed by atoms with Gasteiger partial charge >= 0.3 is 0 Å². The van der Waals surface area contributed by atoms with Crippen LogP contribution in [-0.2, 0) is 16.0 Å². The van der Waals surface area contributed by atoms with Gasteiger partial charge in [0.15, 0.2) is 5.78 Å². The lowest BCUT2D eigenvalue weighted by Crippen LogP contribution is -2.48. The average molecular weight is 328 g/mol. The minimum atomic E-state index is -0.197. The summed E-state index contributed by atoms with van der Waals surface area (Å²) < 4.78 is 0. The van der Waals surface area contributed by atoms with Crippen molar-refractivity contribution in [3.63, 3.8) is 0 Å². The van der Waals surface area contributed by atoms with E-state index in [9.17, 15) is 9.59 Å². The van der Waals surface area contributed by atoms with Gasteiger partial charge in [0.25, 0.3) is 0 Å². The molecular weight excluding hydrogens is 300 g/mol. The zero-order valence-electron chi connectivity index (χ0n) is 14.5. The predicted octanol–water partition coefficient (Wildman–Crippen LogP) is 2.71. The van der Waals surface area contributed by atoms with Gasteiger partial charge in [-0.25, -0.2) is 0 Å². The van der Waals surface area contributed by atoms with Crippen molar-refractivity contribution in [2.45, 2.75) is 70.0 Å². The van der Waals surface area contributed by atoms with Crippen LogP contribution >= 0.6 is 0 Å². The first kappa shape index (κ1) is 17.2. The molecule has 1 amide bonds. The maximum absolute atomic E-state index is 12.7. The van der Waals surface area contributed by atoms with Crippen LogP contribution in [0.4, 0.5) is 0 Å². The molecule has 0 bridgehead atoms. The fourth-order valence-electron chi connectivity index (χ4n) is 3.98. The molecule has 4 heteroatoms. The van der Waals surface area contributed by atoms with Crippen molar-refractivity contribution >= 4 is 11.7 Å². The van der Waals surface area contributed by atoms with Crippen molar-refractivity contribution in [3.8, 4) is 0 Å². The lowest BCUT2D eigenvalue weighted by Gasteiger charge is -2.26. The van der Waals surface area contributed by atoms with Crippen LogP contribution in [0.25, 0.3) is 0 Å². The number of Topliss-reactive ketones (excluding diaryl/α,β-unsaturated/α-hetero) is 1. The Morgan fingerprint density at radius 3 is 2.67 bits per heavy atom. The first-order valence-electron chi connectivity index (χ1n) is 9.28. The molecule has 2 saturated heterocycles. The molecule has 2 heterocycles. The van der Waals surface area contributed by atoms with Gasteiger partial charge in [0.1, 0.15) is 0 Å². The summed E-state index contributed by atoms with van der Waals surface area (Å²) in [7, 11) is 0. The summed E-state index contributed by atoms with van der Waals surface area (Å²) in [5.74, 6) is 0.376. The van der Waals surface area contributed by atoms with Gasteiger partial charge in [0, 0.05) is 19.0 Å². The van der Waals surface area contributed by atoms with E-state index in [0.29, 0.717) is 12.5 Å². The highest BCUT2D eigenvalue weighted by Gasteiger charge is 2.38. The Balaban J connectivity index is 1.51. The summed E-state index contributed by atoms with van der Waals surface area (Å²) in [5, 5.41) is 3.37. The Labute approximate surface area is 144 Å². The molecule has 0 saturated carbocycles. The molecule has 0 aliphatic carbocycles. The zero-order valence-corrected chi connectivity index (χ0v) is 14.5. The van der Waals surface area contributed by atoms with Gasteiger partial charge in [-0.1, -0.05) is 30.3 Å².